The summed E-state index contributed by atoms with van der Waals surface area (Å²) >= 11 is 0. The van der Waals surface area contributed by atoms with Crippen molar-refractivity contribution in [1.29, 1.82) is 0 Å². The Hall–Kier alpha value is -3.55. The molecule has 4 rings (SSSR count). The van der Waals surface area contributed by atoms with E-state index in [4.69, 9.17) is 0 Å². The van der Waals surface area contributed by atoms with Crippen molar-refractivity contribution in [2.75, 3.05) is 18.4 Å². The molecular formula is C21H23N7O. The monoisotopic (exact) mass is 389 g/mol. The number of anilines is 2. The molecule has 4 heterocycles. The molecular weight excluding hydrogens is 366 g/mol. The second kappa shape index (κ2) is 8.22. The summed E-state index contributed by atoms with van der Waals surface area (Å²) in [5.41, 5.74) is 1.84. The van der Waals surface area contributed by atoms with Gasteiger partial charge in [0.2, 0.25) is 5.91 Å². The van der Waals surface area contributed by atoms with Crippen LogP contribution in [-0.4, -0.2) is 48.6 Å². The van der Waals surface area contributed by atoms with Crippen LogP contribution in [0.3, 0.4) is 0 Å². The molecule has 148 valence electrons. The van der Waals surface area contributed by atoms with Crippen LogP contribution in [0.4, 0.5) is 11.6 Å². The summed E-state index contributed by atoms with van der Waals surface area (Å²) in [6.07, 6.45) is 7.73. The van der Waals surface area contributed by atoms with E-state index in [0.717, 1.165) is 23.6 Å². The van der Waals surface area contributed by atoms with E-state index in [0.29, 0.717) is 24.7 Å². The molecule has 0 spiro atoms. The lowest BCUT2D eigenvalue weighted by atomic mass is 10.0. The molecule has 0 unspecified atom stereocenters. The Bertz CT molecular complexity index is 1030. The van der Waals surface area contributed by atoms with Gasteiger partial charge in [0.1, 0.15) is 17.5 Å². The van der Waals surface area contributed by atoms with Gasteiger partial charge in [0.05, 0.1) is 11.4 Å². The molecule has 8 heteroatoms. The maximum absolute atomic E-state index is 12.6. The first-order valence-corrected chi connectivity index (χ1v) is 9.57. The molecule has 0 bridgehead atoms. The van der Waals surface area contributed by atoms with Crippen LogP contribution in [-0.2, 0) is 11.8 Å². The molecule has 29 heavy (non-hydrogen) atoms. The lowest BCUT2D eigenvalue weighted by Gasteiger charge is -2.15. The molecule has 0 aliphatic carbocycles. The smallest absolute Gasteiger partial charge is 0.246 e. The van der Waals surface area contributed by atoms with Gasteiger partial charge < -0.3 is 10.2 Å². The van der Waals surface area contributed by atoms with Gasteiger partial charge in [-0.05, 0) is 37.6 Å². The van der Waals surface area contributed by atoms with Crippen molar-refractivity contribution < 1.29 is 4.79 Å². The Morgan fingerprint density at radius 1 is 1.21 bits per heavy atom. The zero-order chi connectivity index (χ0) is 20.2. The lowest BCUT2D eigenvalue weighted by molar-refractivity contribution is -0.124. The van der Waals surface area contributed by atoms with Gasteiger partial charge in [0.25, 0.3) is 0 Å². The fourth-order valence-electron chi connectivity index (χ4n) is 3.44. The molecule has 1 saturated heterocycles. The molecule has 1 amide bonds. The second-order valence-corrected chi connectivity index (χ2v) is 7.05. The largest absolute Gasteiger partial charge is 0.338 e. The predicted octanol–water partition coefficient (Wildman–Crippen LogP) is 2.69. The van der Waals surface area contributed by atoms with Crippen LogP contribution >= 0.6 is 0 Å². The van der Waals surface area contributed by atoms with Crippen molar-refractivity contribution in [3.05, 3.63) is 66.0 Å². The Balaban J connectivity index is 1.44. The first-order chi connectivity index (χ1) is 14.1. The number of aryl methyl sites for hydroxylation is 2. The van der Waals surface area contributed by atoms with Gasteiger partial charge in [-0.2, -0.15) is 5.10 Å². The van der Waals surface area contributed by atoms with Gasteiger partial charge in [0.15, 0.2) is 0 Å². The molecule has 1 atom stereocenters. The van der Waals surface area contributed by atoms with E-state index in [1.165, 1.54) is 0 Å². The fraction of sp³-hybridized carbons (Fsp3) is 0.286. The van der Waals surface area contributed by atoms with Crippen molar-refractivity contribution in [2.45, 2.75) is 19.3 Å². The molecule has 0 radical (unpaired) electrons. The summed E-state index contributed by atoms with van der Waals surface area (Å²) in [6.45, 7) is 3.24. The average Bonchev–Trinajstić information content (AvgIpc) is 3.36. The highest BCUT2D eigenvalue weighted by Gasteiger charge is 2.27. The third-order valence-corrected chi connectivity index (χ3v) is 4.95. The van der Waals surface area contributed by atoms with Gasteiger partial charge in [-0.15, -0.1) is 0 Å². The van der Waals surface area contributed by atoms with Crippen LogP contribution in [0, 0.1) is 6.92 Å². The molecule has 3 aromatic rings. The standard InChI is InChI=1S/C21H23N7O/c1-15-24-18(13-20(25-15)26-19-5-3-4-10-22-19)16-9-12-28(14-16)21(29)7-6-17-8-11-23-27(17)2/h3-8,10-11,13,16H,9,12,14H2,1-2H3,(H,22,24,25,26)/b7-6+/t16-/m0/s1. The van der Waals surface area contributed by atoms with Crippen LogP contribution in [0.25, 0.3) is 6.08 Å². The van der Waals surface area contributed by atoms with Crippen molar-refractivity contribution in [3.63, 3.8) is 0 Å². The Morgan fingerprint density at radius 3 is 2.86 bits per heavy atom. The summed E-state index contributed by atoms with van der Waals surface area (Å²) in [7, 11) is 1.85. The molecule has 1 fully saturated rings. The van der Waals surface area contributed by atoms with Crippen LogP contribution < -0.4 is 5.32 Å². The minimum atomic E-state index is 0.00584. The van der Waals surface area contributed by atoms with Gasteiger partial charge in [-0.25, -0.2) is 15.0 Å². The zero-order valence-electron chi connectivity index (χ0n) is 16.5. The van der Waals surface area contributed by atoms with Crippen molar-refractivity contribution >= 4 is 23.6 Å². The first kappa shape index (κ1) is 18.8. The number of likely N-dealkylation sites (tertiary alicyclic amines) is 1. The van der Waals surface area contributed by atoms with Crippen molar-refractivity contribution in [3.8, 4) is 0 Å². The van der Waals surface area contributed by atoms with Gasteiger partial charge in [-0.3, -0.25) is 9.48 Å². The van der Waals surface area contributed by atoms with Crippen molar-refractivity contribution in [2.24, 2.45) is 7.05 Å². The number of hydrogen-bond donors (Lipinski definition) is 1. The number of nitrogens with one attached hydrogen (secondary N) is 1. The highest BCUT2D eigenvalue weighted by atomic mass is 16.2. The van der Waals surface area contributed by atoms with Crippen LogP contribution in [0.1, 0.15) is 29.6 Å². The molecule has 3 aromatic heterocycles. The van der Waals surface area contributed by atoms with E-state index in [1.807, 2.05) is 49.2 Å². The van der Waals surface area contributed by atoms with Gasteiger partial charge >= 0.3 is 0 Å². The number of aromatic nitrogens is 5. The van der Waals surface area contributed by atoms with E-state index in [2.05, 4.69) is 25.4 Å². The zero-order valence-corrected chi connectivity index (χ0v) is 16.5. The number of nitrogens with zero attached hydrogens (tertiary/aromatic N) is 6. The van der Waals surface area contributed by atoms with Gasteiger partial charge in [0, 0.05) is 50.6 Å². The number of rotatable bonds is 5. The van der Waals surface area contributed by atoms with E-state index < -0.39 is 0 Å². The van der Waals surface area contributed by atoms with Crippen LogP contribution in [0.5, 0.6) is 0 Å². The van der Waals surface area contributed by atoms with E-state index in [9.17, 15) is 4.79 Å². The van der Waals surface area contributed by atoms with E-state index in [1.54, 1.807) is 29.2 Å². The average molecular weight is 389 g/mol. The minimum Gasteiger partial charge on any atom is -0.338 e. The van der Waals surface area contributed by atoms with Crippen molar-refractivity contribution in [1.82, 2.24) is 29.6 Å². The predicted molar refractivity (Wildman–Crippen MR) is 110 cm³/mol. The van der Waals surface area contributed by atoms with Crippen LogP contribution in [0.2, 0.25) is 0 Å². The third-order valence-electron chi connectivity index (χ3n) is 4.95. The molecule has 0 saturated carbocycles. The van der Waals surface area contributed by atoms with E-state index in [-0.39, 0.29) is 11.8 Å². The molecule has 1 N–H and O–H groups in total. The second-order valence-electron chi connectivity index (χ2n) is 7.05. The normalized spacial score (nSPS) is 16.5. The maximum Gasteiger partial charge on any atom is 0.246 e. The summed E-state index contributed by atoms with van der Waals surface area (Å²) in [5, 5.41) is 7.33. The number of carbonyl (C=O) groups is 1. The van der Waals surface area contributed by atoms with Crippen LogP contribution in [0.15, 0.2) is 48.8 Å². The Labute approximate surface area is 169 Å². The highest BCUT2D eigenvalue weighted by molar-refractivity contribution is 5.91. The first-order valence-electron chi connectivity index (χ1n) is 9.57. The Morgan fingerprint density at radius 2 is 2.10 bits per heavy atom. The fourth-order valence-corrected chi connectivity index (χ4v) is 3.44. The van der Waals surface area contributed by atoms with Gasteiger partial charge in [-0.1, -0.05) is 6.07 Å². The third kappa shape index (κ3) is 4.48. The lowest BCUT2D eigenvalue weighted by Crippen LogP contribution is -2.26. The summed E-state index contributed by atoms with van der Waals surface area (Å²) in [6, 6.07) is 9.50. The molecule has 1 aliphatic heterocycles. The summed E-state index contributed by atoms with van der Waals surface area (Å²) in [5.74, 6) is 2.34. The molecule has 8 nitrogen and oxygen atoms in total. The summed E-state index contributed by atoms with van der Waals surface area (Å²) in [4.78, 5) is 27.8. The topological polar surface area (TPSA) is 88.8 Å². The number of pyridine rings is 1. The SMILES string of the molecule is Cc1nc(Nc2ccccn2)cc([C@H]2CCN(C(=O)/C=C/c3ccnn3C)C2)n1. The number of hydrogen-bond acceptors (Lipinski definition) is 6. The number of amides is 1. The Kier molecular flexibility index (Phi) is 5.33. The molecule has 1 aliphatic rings. The maximum atomic E-state index is 12.6. The quantitative estimate of drug-likeness (QED) is 0.675. The minimum absolute atomic E-state index is 0.00584. The molecule has 0 aromatic carbocycles. The number of carbonyl (C=O) groups excluding carboxylic acids is 1. The summed E-state index contributed by atoms with van der Waals surface area (Å²) < 4.78 is 1.73. The van der Waals surface area contributed by atoms with E-state index >= 15 is 0 Å². The highest BCUT2D eigenvalue weighted by Crippen LogP contribution is 2.28.